The van der Waals surface area contributed by atoms with Crippen LogP contribution in [0.4, 0.5) is 0 Å². The molecule has 4 bridgehead atoms. The monoisotopic (exact) mass is 236 g/mol. The fourth-order valence-electron chi connectivity index (χ4n) is 5.78. The Morgan fingerprint density at radius 1 is 1.00 bits per heavy atom. The average molecular weight is 236 g/mol. The van der Waals surface area contributed by atoms with Crippen LogP contribution in [0.25, 0.3) is 0 Å². The van der Waals surface area contributed by atoms with E-state index < -0.39 is 0 Å². The van der Waals surface area contributed by atoms with Gasteiger partial charge in [0.05, 0.1) is 6.61 Å². The van der Waals surface area contributed by atoms with Crippen molar-refractivity contribution in [3.05, 3.63) is 0 Å². The summed E-state index contributed by atoms with van der Waals surface area (Å²) in [4.78, 5) is 0. The van der Waals surface area contributed by atoms with Gasteiger partial charge in [0, 0.05) is 7.11 Å². The Kier molecular flexibility index (Phi) is 2.63. The molecule has 0 aromatic carbocycles. The van der Waals surface area contributed by atoms with Crippen molar-refractivity contribution in [3.63, 3.8) is 0 Å². The lowest BCUT2D eigenvalue weighted by Gasteiger charge is -2.65. The van der Waals surface area contributed by atoms with Gasteiger partial charge in [-0.15, -0.1) is 0 Å². The van der Waals surface area contributed by atoms with Gasteiger partial charge in [-0.25, -0.2) is 0 Å². The van der Waals surface area contributed by atoms with Crippen LogP contribution in [0.5, 0.6) is 0 Å². The van der Waals surface area contributed by atoms with E-state index >= 15 is 0 Å². The molecule has 0 amide bonds. The molecule has 4 aliphatic carbocycles. The third-order valence-electron chi connectivity index (χ3n) is 6.80. The van der Waals surface area contributed by atoms with Crippen LogP contribution >= 0.6 is 0 Å². The van der Waals surface area contributed by atoms with Crippen molar-refractivity contribution >= 4 is 0 Å². The van der Waals surface area contributed by atoms with Crippen LogP contribution in [-0.2, 0) is 4.74 Å². The topological polar surface area (TPSA) is 9.23 Å². The number of hydrogen-bond acceptors (Lipinski definition) is 1. The van der Waals surface area contributed by atoms with Crippen molar-refractivity contribution in [2.24, 2.45) is 34.5 Å². The Labute approximate surface area is 106 Å². The first-order valence-electron chi connectivity index (χ1n) is 7.46. The van der Waals surface area contributed by atoms with Crippen molar-refractivity contribution in [1.82, 2.24) is 0 Å². The summed E-state index contributed by atoms with van der Waals surface area (Å²) in [5, 5.41) is 0. The van der Waals surface area contributed by atoms with Gasteiger partial charge in [0.15, 0.2) is 0 Å². The first-order chi connectivity index (χ1) is 7.97. The lowest BCUT2D eigenvalue weighted by molar-refractivity contribution is -0.172. The second-order valence-electron chi connectivity index (χ2n) is 7.90. The van der Waals surface area contributed by atoms with E-state index in [0.29, 0.717) is 10.8 Å². The van der Waals surface area contributed by atoms with Gasteiger partial charge < -0.3 is 4.74 Å². The van der Waals surface area contributed by atoms with Crippen LogP contribution in [0.3, 0.4) is 0 Å². The molecular formula is C16H28O. The lowest BCUT2D eigenvalue weighted by atomic mass is 9.40. The van der Waals surface area contributed by atoms with E-state index in [4.69, 9.17) is 4.74 Å². The highest BCUT2D eigenvalue weighted by molar-refractivity contribution is 5.09. The minimum Gasteiger partial charge on any atom is -0.384 e. The van der Waals surface area contributed by atoms with Crippen molar-refractivity contribution in [2.45, 2.75) is 52.9 Å². The predicted molar refractivity (Wildman–Crippen MR) is 70.8 cm³/mol. The van der Waals surface area contributed by atoms with E-state index in [1.807, 2.05) is 7.11 Å². The highest BCUT2D eigenvalue weighted by Crippen LogP contribution is 2.67. The standard InChI is InChI=1S/C16H28O/c1-15(2,10-17-4)16(3)13-6-11-5-12(8-13)9-14(16)7-11/h11-14H,5-10H2,1-4H3. The summed E-state index contributed by atoms with van der Waals surface area (Å²) in [6.07, 6.45) is 7.59. The van der Waals surface area contributed by atoms with Gasteiger partial charge in [-0.05, 0) is 66.6 Å². The number of methoxy groups -OCH3 is 1. The molecule has 0 heterocycles. The zero-order chi connectivity index (χ0) is 12.3. The lowest BCUT2D eigenvalue weighted by Crippen LogP contribution is -2.58. The van der Waals surface area contributed by atoms with Crippen molar-refractivity contribution in [3.8, 4) is 0 Å². The molecule has 4 saturated carbocycles. The summed E-state index contributed by atoms with van der Waals surface area (Å²) < 4.78 is 5.53. The second kappa shape index (κ2) is 3.73. The SMILES string of the molecule is COCC(C)(C)C1(C)C2CC3CC(C2)CC1C3. The molecule has 4 rings (SSSR count). The molecule has 0 aliphatic heterocycles. The maximum Gasteiger partial charge on any atom is 0.0518 e. The Hall–Kier alpha value is -0.0400. The first-order valence-corrected chi connectivity index (χ1v) is 7.46. The zero-order valence-corrected chi connectivity index (χ0v) is 12.0. The Bertz CT molecular complexity index is 277. The minimum absolute atomic E-state index is 0.338. The molecule has 0 aromatic rings. The Balaban J connectivity index is 1.91. The summed E-state index contributed by atoms with van der Waals surface area (Å²) in [6, 6.07) is 0. The quantitative estimate of drug-likeness (QED) is 0.716. The summed E-state index contributed by atoms with van der Waals surface area (Å²) in [5.41, 5.74) is 0.862. The fourth-order valence-corrected chi connectivity index (χ4v) is 5.78. The molecule has 0 N–H and O–H groups in total. The van der Waals surface area contributed by atoms with Gasteiger partial charge in [0.2, 0.25) is 0 Å². The van der Waals surface area contributed by atoms with Crippen LogP contribution in [0.1, 0.15) is 52.9 Å². The van der Waals surface area contributed by atoms with E-state index in [1.165, 1.54) is 25.7 Å². The Morgan fingerprint density at radius 3 is 1.88 bits per heavy atom. The maximum absolute atomic E-state index is 5.53. The first kappa shape index (κ1) is 12.0. The van der Waals surface area contributed by atoms with Crippen molar-refractivity contribution < 1.29 is 4.74 Å². The van der Waals surface area contributed by atoms with Gasteiger partial charge in [0.1, 0.15) is 0 Å². The largest absolute Gasteiger partial charge is 0.384 e. The molecule has 0 saturated heterocycles. The molecule has 4 fully saturated rings. The molecule has 17 heavy (non-hydrogen) atoms. The third kappa shape index (κ3) is 1.54. The smallest absolute Gasteiger partial charge is 0.0518 e. The number of rotatable bonds is 3. The van der Waals surface area contributed by atoms with Gasteiger partial charge in [-0.2, -0.15) is 0 Å². The molecule has 98 valence electrons. The van der Waals surface area contributed by atoms with Crippen LogP contribution < -0.4 is 0 Å². The fraction of sp³-hybridized carbons (Fsp3) is 1.00. The normalized spacial score (nSPS) is 48.7. The zero-order valence-electron chi connectivity index (χ0n) is 12.0. The molecule has 0 unspecified atom stereocenters. The molecule has 0 atom stereocenters. The van der Waals surface area contributed by atoms with Gasteiger partial charge in [-0.3, -0.25) is 0 Å². The molecule has 0 radical (unpaired) electrons. The van der Waals surface area contributed by atoms with E-state index in [0.717, 1.165) is 30.3 Å². The summed E-state index contributed by atoms with van der Waals surface area (Å²) in [7, 11) is 1.86. The van der Waals surface area contributed by atoms with E-state index in [2.05, 4.69) is 20.8 Å². The van der Waals surface area contributed by atoms with Crippen molar-refractivity contribution in [1.29, 1.82) is 0 Å². The number of ether oxygens (including phenoxy) is 1. The number of hydrogen-bond donors (Lipinski definition) is 0. The van der Waals surface area contributed by atoms with E-state index in [9.17, 15) is 0 Å². The second-order valence-corrected chi connectivity index (χ2v) is 7.90. The average Bonchev–Trinajstić information content (AvgIpc) is 2.24. The highest BCUT2D eigenvalue weighted by atomic mass is 16.5. The van der Waals surface area contributed by atoms with Crippen LogP contribution in [0.15, 0.2) is 0 Å². The molecule has 0 spiro atoms. The molecular weight excluding hydrogens is 208 g/mol. The van der Waals surface area contributed by atoms with Gasteiger partial charge in [-0.1, -0.05) is 20.8 Å². The summed E-state index contributed by atoms with van der Waals surface area (Å²) >= 11 is 0. The summed E-state index contributed by atoms with van der Waals surface area (Å²) in [5.74, 6) is 4.10. The highest BCUT2D eigenvalue weighted by Gasteiger charge is 2.60. The molecule has 0 aromatic heterocycles. The predicted octanol–water partition coefficient (Wildman–Crippen LogP) is 4.12. The van der Waals surface area contributed by atoms with Crippen molar-refractivity contribution in [2.75, 3.05) is 13.7 Å². The van der Waals surface area contributed by atoms with E-state index in [-0.39, 0.29) is 0 Å². The van der Waals surface area contributed by atoms with Gasteiger partial charge >= 0.3 is 0 Å². The molecule has 1 heteroatoms. The summed E-state index contributed by atoms with van der Waals surface area (Å²) in [6.45, 7) is 8.39. The van der Waals surface area contributed by atoms with Gasteiger partial charge in [0.25, 0.3) is 0 Å². The van der Waals surface area contributed by atoms with Crippen LogP contribution in [0, 0.1) is 34.5 Å². The minimum atomic E-state index is 0.338. The maximum atomic E-state index is 5.53. The van der Waals surface area contributed by atoms with Crippen LogP contribution in [-0.4, -0.2) is 13.7 Å². The third-order valence-corrected chi connectivity index (χ3v) is 6.80. The molecule has 4 aliphatic rings. The van der Waals surface area contributed by atoms with Crippen LogP contribution in [0.2, 0.25) is 0 Å². The van der Waals surface area contributed by atoms with E-state index in [1.54, 1.807) is 6.42 Å². The Morgan fingerprint density at radius 2 is 1.47 bits per heavy atom. The molecule has 1 nitrogen and oxygen atoms in total.